The second-order valence-corrected chi connectivity index (χ2v) is 10.5. The zero-order chi connectivity index (χ0) is 23.6. The van der Waals surface area contributed by atoms with Crippen molar-refractivity contribution >= 4 is 13.2 Å². The van der Waals surface area contributed by atoms with Crippen LogP contribution in [0.15, 0.2) is 41.5 Å². The van der Waals surface area contributed by atoms with E-state index in [2.05, 4.69) is 58.0 Å². The number of amides is 1. The van der Waals surface area contributed by atoms with Crippen molar-refractivity contribution in [3.8, 4) is 0 Å². The summed E-state index contributed by atoms with van der Waals surface area (Å²) in [5.74, 6) is 0.604. The maximum Gasteiger partial charge on any atom is 0.492 e. The highest BCUT2D eigenvalue weighted by molar-refractivity contribution is 6.54. The number of rotatable bonds is 5. The van der Waals surface area contributed by atoms with Crippen LogP contribution in [0, 0.1) is 0 Å². The van der Waals surface area contributed by atoms with Crippen molar-refractivity contribution in [1.82, 2.24) is 4.90 Å². The van der Waals surface area contributed by atoms with E-state index in [9.17, 15) is 4.79 Å². The molecule has 1 amide bonds. The summed E-state index contributed by atoms with van der Waals surface area (Å²) in [4.78, 5) is 14.3. The molecule has 0 spiro atoms. The first-order valence-electron chi connectivity index (χ1n) is 12.3. The van der Waals surface area contributed by atoms with Gasteiger partial charge in [0.05, 0.1) is 31.0 Å². The Bertz CT molecular complexity index is 845. The van der Waals surface area contributed by atoms with Gasteiger partial charge in [0.1, 0.15) is 0 Å². The van der Waals surface area contributed by atoms with E-state index in [0.29, 0.717) is 19.1 Å². The lowest BCUT2D eigenvalue weighted by molar-refractivity contribution is 0.00578. The Morgan fingerprint density at radius 1 is 1.06 bits per heavy atom. The molecule has 1 aromatic rings. The zero-order valence-corrected chi connectivity index (χ0v) is 20.8. The van der Waals surface area contributed by atoms with Crippen molar-refractivity contribution in [2.24, 2.45) is 0 Å². The Labute approximate surface area is 198 Å². The SMILES string of the molecule is COC(=O)N1CCCC(B2OC(C)(C)C(C)(C)O2)=C1COC1CCC(c2ccccc2)CC1. The fourth-order valence-corrected chi connectivity index (χ4v) is 5.09. The third kappa shape index (κ3) is 5.15. The Morgan fingerprint density at radius 2 is 1.70 bits per heavy atom. The predicted molar refractivity (Wildman–Crippen MR) is 129 cm³/mol. The molecule has 0 aromatic heterocycles. The average Bonchev–Trinajstić information content (AvgIpc) is 3.04. The molecule has 0 N–H and O–H groups in total. The summed E-state index contributed by atoms with van der Waals surface area (Å²) in [5.41, 5.74) is 2.41. The number of hydrogen-bond acceptors (Lipinski definition) is 5. The lowest BCUT2D eigenvalue weighted by Gasteiger charge is -2.34. The van der Waals surface area contributed by atoms with E-state index in [1.54, 1.807) is 4.90 Å². The van der Waals surface area contributed by atoms with Gasteiger partial charge in [-0.15, -0.1) is 0 Å². The summed E-state index contributed by atoms with van der Waals surface area (Å²) < 4.78 is 24.2. The van der Waals surface area contributed by atoms with Gasteiger partial charge in [-0.2, -0.15) is 0 Å². The largest absolute Gasteiger partial charge is 0.492 e. The molecule has 2 aliphatic heterocycles. The summed E-state index contributed by atoms with van der Waals surface area (Å²) in [6, 6.07) is 10.8. The molecule has 3 aliphatic rings. The van der Waals surface area contributed by atoms with Gasteiger partial charge in [0, 0.05) is 12.2 Å². The lowest BCUT2D eigenvalue weighted by Crippen LogP contribution is -2.41. The van der Waals surface area contributed by atoms with Gasteiger partial charge >= 0.3 is 13.2 Å². The third-order valence-electron chi connectivity index (χ3n) is 7.86. The zero-order valence-electron chi connectivity index (χ0n) is 20.8. The molecular weight excluding hydrogens is 417 g/mol. The van der Waals surface area contributed by atoms with E-state index in [-0.39, 0.29) is 12.2 Å². The van der Waals surface area contributed by atoms with Gasteiger partial charge in [0.15, 0.2) is 0 Å². The number of carbonyl (C=O) groups excluding carboxylic acids is 1. The molecule has 0 bridgehead atoms. The van der Waals surface area contributed by atoms with Crippen molar-refractivity contribution in [1.29, 1.82) is 0 Å². The van der Waals surface area contributed by atoms with Crippen molar-refractivity contribution in [3.05, 3.63) is 47.1 Å². The smallest absolute Gasteiger partial charge is 0.452 e. The number of nitrogens with zero attached hydrogens (tertiary/aromatic N) is 1. The highest BCUT2D eigenvalue weighted by Crippen LogP contribution is 2.41. The number of ether oxygens (including phenoxy) is 2. The van der Waals surface area contributed by atoms with Crippen LogP contribution >= 0.6 is 0 Å². The normalized spacial score (nSPS) is 27.1. The molecule has 2 fully saturated rings. The minimum absolute atomic E-state index is 0.193. The highest BCUT2D eigenvalue weighted by Gasteiger charge is 2.53. The van der Waals surface area contributed by atoms with Gasteiger partial charge in [0.2, 0.25) is 0 Å². The molecule has 1 aliphatic carbocycles. The summed E-state index contributed by atoms with van der Waals surface area (Å²) >= 11 is 0. The quantitative estimate of drug-likeness (QED) is 0.551. The molecule has 1 saturated heterocycles. The fourth-order valence-electron chi connectivity index (χ4n) is 5.09. The Morgan fingerprint density at radius 3 is 2.30 bits per heavy atom. The minimum atomic E-state index is -0.477. The summed E-state index contributed by atoms with van der Waals surface area (Å²) in [7, 11) is 0.948. The van der Waals surface area contributed by atoms with Crippen LogP contribution < -0.4 is 0 Å². The molecule has 7 heteroatoms. The van der Waals surface area contributed by atoms with Gasteiger partial charge in [0.25, 0.3) is 0 Å². The van der Waals surface area contributed by atoms with E-state index in [4.69, 9.17) is 18.8 Å². The van der Waals surface area contributed by atoms with Gasteiger partial charge in [-0.1, -0.05) is 30.3 Å². The first kappa shape index (κ1) is 24.3. The molecule has 0 radical (unpaired) electrons. The summed E-state index contributed by atoms with van der Waals surface area (Å²) in [6.45, 7) is 9.20. The van der Waals surface area contributed by atoms with Crippen LogP contribution in [0.2, 0.25) is 0 Å². The molecule has 1 saturated carbocycles. The maximum absolute atomic E-state index is 12.6. The molecule has 33 heavy (non-hydrogen) atoms. The van der Waals surface area contributed by atoms with Crippen LogP contribution in [-0.4, -0.2) is 55.7 Å². The average molecular weight is 455 g/mol. The predicted octanol–water partition coefficient (Wildman–Crippen LogP) is 5.48. The third-order valence-corrected chi connectivity index (χ3v) is 7.86. The van der Waals surface area contributed by atoms with E-state index in [1.807, 2.05) is 0 Å². The highest BCUT2D eigenvalue weighted by atomic mass is 16.7. The number of carbonyl (C=O) groups is 1. The van der Waals surface area contributed by atoms with Crippen molar-refractivity contribution in [3.63, 3.8) is 0 Å². The van der Waals surface area contributed by atoms with Crippen LogP contribution in [0.4, 0.5) is 4.79 Å². The van der Waals surface area contributed by atoms with E-state index >= 15 is 0 Å². The topological polar surface area (TPSA) is 57.2 Å². The lowest BCUT2D eigenvalue weighted by atomic mass is 9.72. The van der Waals surface area contributed by atoms with Crippen LogP contribution in [0.5, 0.6) is 0 Å². The second kappa shape index (κ2) is 9.81. The molecule has 6 nitrogen and oxygen atoms in total. The first-order valence-corrected chi connectivity index (χ1v) is 12.3. The number of methoxy groups -OCH3 is 1. The van der Waals surface area contributed by atoms with Gasteiger partial charge in [-0.05, 0) is 83.2 Å². The van der Waals surface area contributed by atoms with Crippen molar-refractivity contribution < 1.29 is 23.6 Å². The molecule has 180 valence electrons. The Balaban J connectivity index is 1.46. The number of benzene rings is 1. The molecule has 2 heterocycles. The van der Waals surface area contributed by atoms with Gasteiger partial charge in [-0.25, -0.2) is 4.79 Å². The van der Waals surface area contributed by atoms with Crippen LogP contribution in [0.3, 0.4) is 0 Å². The number of allylic oxidation sites excluding steroid dienone is 1. The van der Waals surface area contributed by atoms with E-state index < -0.39 is 18.3 Å². The second-order valence-electron chi connectivity index (χ2n) is 10.5. The molecular formula is C26H38BNO5. The Kier molecular flexibility index (Phi) is 7.22. The van der Waals surface area contributed by atoms with E-state index in [1.165, 1.54) is 12.7 Å². The number of hydrogen-bond donors (Lipinski definition) is 0. The van der Waals surface area contributed by atoms with Crippen molar-refractivity contribution in [2.75, 3.05) is 20.3 Å². The maximum atomic E-state index is 12.6. The first-order chi connectivity index (χ1) is 15.7. The van der Waals surface area contributed by atoms with E-state index in [0.717, 1.165) is 49.7 Å². The Hall–Kier alpha value is -1.83. The molecule has 4 rings (SSSR count). The molecule has 0 unspecified atom stereocenters. The van der Waals surface area contributed by atoms with Crippen molar-refractivity contribution in [2.45, 2.75) is 89.4 Å². The monoisotopic (exact) mass is 455 g/mol. The van der Waals surface area contributed by atoms with Crippen LogP contribution in [0.1, 0.15) is 77.7 Å². The fraction of sp³-hybridized carbons (Fsp3) is 0.654. The van der Waals surface area contributed by atoms with Gasteiger partial charge in [-0.3, -0.25) is 4.90 Å². The van der Waals surface area contributed by atoms with Crippen LogP contribution in [0.25, 0.3) is 0 Å². The molecule has 0 atom stereocenters. The summed E-state index contributed by atoms with van der Waals surface area (Å²) in [5, 5.41) is 0. The van der Waals surface area contributed by atoms with Crippen LogP contribution in [-0.2, 0) is 18.8 Å². The molecule has 1 aromatic carbocycles. The summed E-state index contributed by atoms with van der Waals surface area (Å²) in [6.07, 6.45) is 5.81. The van der Waals surface area contributed by atoms with Gasteiger partial charge < -0.3 is 18.8 Å². The standard InChI is InChI=1S/C26H38BNO5/c1-25(2)26(3,4)33-27(32-25)22-12-9-17-28(24(29)30-5)23(22)18-31-21-15-13-20(14-16-21)19-10-7-6-8-11-19/h6-8,10-11,20-21H,9,12-18H2,1-5H3. The minimum Gasteiger partial charge on any atom is -0.452 e.